The highest BCUT2D eigenvalue weighted by molar-refractivity contribution is 7.22. The molecule has 0 radical (unpaired) electrons. The lowest BCUT2D eigenvalue weighted by Gasteiger charge is -2.10. The number of fused-ring (bicyclic) bond motifs is 1. The third-order valence-electron chi connectivity index (χ3n) is 5.26. The molecule has 0 bridgehead atoms. The molecular formula is C23H17ClN6O3S. The van der Waals surface area contributed by atoms with Gasteiger partial charge < -0.3 is 9.84 Å². The maximum atomic E-state index is 13.2. The first-order valence-electron chi connectivity index (χ1n) is 10.2. The van der Waals surface area contributed by atoms with Crippen LogP contribution in [0.5, 0.6) is 0 Å². The molecule has 5 aromatic rings. The van der Waals surface area contributed by atoms with Crippen molar-refractivity contribution in [1.29, 1.82) is 0 Å². The van der Waals surface area contributed by atoms with Crippen molar-refractivity contribution in [3.05, 3.63) is 75.6 Å². The molecule has 0 aliphatic rings. The molecule has 0 unspecified atom stereocenters. The van der Waals surface area contributed by atoms with E-state index in [-0.39, 0.29) is 18.0 Å². The normalized spacial score (nSPS) is 11.1. The molecule has 1 aromatic carbocycles. The molecule has 0 aliphatic carbocycles. The molecule has 0 atom stereocenters. The monoisotopic (exact) mass is 492 g/mol. The van der Waals surface area contributed by atoms with Gasteiger partial charge in [0.1, 0.15) is 11.4 Å². The van der Waals surface area contributed by atoms with E-state index in [1.165, 1.54) is 22.2 Å². The van der Waals surface area contributed by atoms with Gasteiger partial charge in [-0.25, -0.2) is 4.98 Å². The predicted octanol–water partition coefficient (Wildman–Crippen LogP) is 4.48. The number of benzene rings is 1. The average Bonchev–Trinajstić information content (AvgIpc) is 3.44. The maximum Gasteiger partial charge on any atom is 0.268 e. The second-order valence-corrected chi connectivity index (χ2v) is 9.02. The number of carbonyl (C=O) groups excluding carboxylic acids is 1. The summed E-state index contributed by atoms with van der Waals surface area (Å²) in [5.41, 5.74) is 2.57. The third-order valence-corrected chi connectivity index (χ3v) is 6.69. The van der Waals surface area contributed by atoms with Crippen LogP contribution in [0.3, 0.4) is 0 Å². The Morgan fingerprint density at radius 1 is 1.21 bits per heavy atom. The first-order valence-corrected chi connectivity index (χ1v) is 11.4. The number of aryl methyl sites for hydroxylation is 2. The van der Waals surface area contributed by atoms with E-state index in [1.807, 2.05) is 13.0 Å². The minimum atomic E-state index is -0.361. The average molecular weight is 493 g/mol. The van der Waals surface area contributed by atoms with Gasteiger partial charge in [0.05, 0.1) is 16.6 Å². The van der Waals surface area contributed by atoms with Gasteiger partial charge in [-0.3, -0.25) is 19.1 Å². The zero-order valence-electron chi connectivity index (χ0n) is 18.1. The van der Waals surface area contributed by atoms with Crippen LogP contribution in [0.15, 0.2) is 58.4 Å². The summed E-state index contributed by atoms with van der Waals surface area (Å²) < 4.78 is 6.73. The first kappa shape index (κ1) is 21.9. The Labute approximate surface area is 202 Å². The fraction of sp³-hybridized carbons (Fsp3) is 0.130. The minimum absolute atomic E-state index is 0.189. The van der Waals surface area contributed by atoms with Crippen LogP contribution in [0, 0.1) is 13.8 Å². The van der Waals surface area contributed by atoms with Crippen molar-refractivity contribution in [3.8, 4) is 22.2 Å². The van der Waals surface area contributed by atoms with Crippen molar-refractivity contribution >= 4 is 44.7 Å². The van der Waals surface area contributed by atoms with Crippen molar-refractivity contribution < 1.29 is 9.32 Å². The van der Waals surface area contributed by atoms with E-state index in [0.717, 1.165) is 11.1 Å². The minimum Gasteiger partial charge on any atom is -0.333 e. The number of nitrogens with one attached hydrogen (secondary N) is 1. The summed E-state index contributed by atoms with van der Waals surface area (Å²) in [5.74, 6) is 0.362. The van der Waals surface area contributed by atoms with Crippen molar-refractivity contribution in [2.75, 3.05) is 5.32 Å². The molecule has 0 saturated heterocycles. The number of nitrogens with zero attached hydrogens (tertiary/aromatic N) is 5. The molecule has 11 heteroatoms. The number of thiophene rings is 1. The SMILES string of the molecule is Cc1ccc(Cl)cc1NC(=O)Cn1cnc2sc(-c3nc(-c4ccncc4)no3)c(C)c2c1=O. The predicted molar refractivity (Wildman–Crippen MR) is 130 cm³/mol. The van der Waals surface area contributed by atoms with E-state index in [1.54, 1.807) is 43.6 Å². The van der Waals surface area contributed by atoms with E-state index in [2.05, 4.69) is 25.4 Å². The van der Waals surface area contributed by atoms with Crippen molar-refractivity contribution in [2.45, 2.75) is 20.4 Å². The second-order valence-electron chi connectivity index (χ2n) is 7.58. The van der Waals surface area contributed by atoms with E-state index in [0.29, 0.717) is 43.1 Å². The summed E-state index contributed by atoms with van der Waals surface area (Å²) in [7, 11) is 0. The van der Waals surface area contributed by atoms with Gasteiger partial charge in [-0.05, 0) is 49.2 Å². The molecule has 1 N–H and O–H groups in total. The van der Waals surface area contributed by atoms with Gasteiger partial charge in [0, 0.05) is 28.7 Å². The van der Waals surface area contributed by atoms with Gasteiger partial charge in [-0.1, -0.05) is 22.8 Å². The highest BCUT2D eigenvalue weighted by atomic mass is 35.5. The Kier molecular flexibility index (Phi) is 5.68. The summed E-state index contributed by atoms with van der Waals surface area (Å²) in [6.45, 7) is 3.47. The van der Waals surface area contributed by atoms with Gasteiger partial charge in [-0.15, -0.1) is 11.3 Å². The van der Waals surface area contributed by atoms with Gasteiger partial charge in [0.15, 0.2) is 0 Å². The van der Waals surface area contributed by atoms with Crippen LogP contribution in [-0.4, -0.2) is 30.6 Å². The van der Waals surface area contributed by atoms with E-state index >= 15 is 0 Å². The lowest BCUT2D eigenvalue weighted by atomic mass is 10.2. The summed E-state index contributed by atoms with van der Waals surface area (Å²) in [6, 6.07) is 8.78. The molecule has 0 saturated carbocycles. The largest absolute Gasteiger partial charge is 0.333 e. The Balaban J connectivity index is 1.44. The van der Waals surface area contributed by atoms with Crippen molar-refractivity contribution in [3.63, 3.8) is 0 Å². The van der Waals surface area contributed by atoms with Gasteiger partial charge >= 0.3 is 0 Å². The number of carbonyl (C=O) groups is 1. The zero-order chi connectivity index (χ0) is 23.8. The highest BCUT2D eigenvalue weighted by Gasteiger charge is 2.21. The van der Waals surface area contributed by atoms with Gasteiger partial charge in [0.2, 0.25) is 11.7 Å². The fourth-order valence-corrected chi connectivity index (χ4v) is 4.72. The topological polar surface area (TPSA) is 116 Å². The number of rotatable bonds is 5. The molecule has 4 heterocycles. The molecule has 170 valence electrons. The summed E-state index contributed by atoms with van der Waals surface area (Å²) in [6.07, 6.45) is 4.66. The standard InChI is InChI=1S/C23H17ClN6O3S/c1-12-3-4-15(24)9-16(12)27-17(31)10-30-11-26-22-18(23(30)32)13(2)19(34-22)21-28-20(29-33-21)14-5-7-25-8-6-14/h3-9,11H,10H2,1-2H3,(H,27,31). The van der Waals surface area contributed by atoms with E-state index < -0.39 is 0 Å². The Morgan fingerprint density at radius 3 is 2.79 bits per heavy atom. The number of halogens is 1. The summed E-state index contributed by atoms with van der Waals surface area (Å²) in [4.78, 5) is 39.8. The Morgan fingerprint density at radius 2 is 2.00 bits per heavy atom. The zero-order valence-corrected chi connectivity index (χ0v) is 19.6. The Hall–Kier alpha value is -3.89. The summed E-state index contributed by atoms with van der Waals surface area (Å²) >= 11 is 7.31. The Bertz CT molecular complexity index is 1590. The molecule has 1 amide bonds. The molecule has 4 aromatic heterocycles. The highest BCUT2D eigenvalue weighted by Crippen LogP contribution is 2.35. The quantitative estimate of drug-likeness (QED) is 0.384. The molecule has 0 fully saturated rings. The second kappa shape index (κ2) is 8.81. The number of aromatic nitrogens is 5. The van der Waals surface area contributed by atoms with E-state index in [4.69, 9.17) is 16.1 Å². The van der Waals surface area contributed by atoms with Crippen LogP contribution in [0.25, 0.3) is 32.4 Å². The van der Waals surface area contributed by atoms with Crippen molar-refractivity contribution in [1.82, 2.24) is 24.7 Å². The smallest absolute Gasteiger partial charge is 0.268 e. The first-order chi connectivity index (χ1) is 16.4. The van der Waals surface area contributed by atoms with Crippen LogP contribution >= 0.6 is 22.9 Å². The number of hydrogen-bond donors (Lipinski definition) is 1. The number of pyridine rings is 1. The van der Waals surface area contributed by atoms with Crippen molar-refractivity contribution in [2.24, 2.45) is 0 Å². The van der Waals surface area contributed by atoms with Gasteiger partial charge in [-0.2, -0.15) is 4.98 Å². The van der Waals surface area contributed by atoms with Gasteiger partial charge in [0.25, 0.3) is 11.4 Å². The molecule has 5 rings (SSSR count). The van der Waals surface area contributed by atoms with Crippen LogP contribution in [0.4, 0.5) is 5.69 Å². The molecule has 9 nitrogen and oxygen atoms in total. The fourth-order valence-electron chi connectivity index (χ4n) is 3.48. The number of amides is 1. The molecule has 0 spiro atoms. The lowest BCUT2D eigenvalue weighted by molar-refractivity contribution is -0.116. The number of anilines is 1. The van der Waals surface area contributed by atoms with Crippen LogP contribution in [0.2, 0.25) is 5.02 Å². The lowest BCUT2D eigenvalue weighted by Crippen LogP contribution is -2.28. The number of hydrogen-bond acceptors (Lipinski definition) is 8. The van der Waals surface area contributed by atoms with Crippen LogP contribution in [0.1, 0.15) is 11.1 Å². The van der Waals surface area contributed by atoms with Crippen LogP contribution < -0.4 is 10.9 Å². The van der Waals surface area contributed by atoms with Crippen LogP contribution in [-0.2, 0) is 11.3 Å². The summed E-state index contributed by atoms with van der Waals surface area (Å²) in [5, 5.41) is 7.75. The molecule has 34 heavy (non-hydrogen) atoms. The van der Waals surface area contributed by atoms with E-state index in [9.17, 15) is 9.59 Å². The molecule has 0 aliphatic heterocycles. The maximum absolute atomic E-state index is 13.2. The third kappa shape index (κ3) is 4.09. The molecular weight excluding hydrogens is 476 g/mol.